The Bertz CT molecular complexity index is 165. The van der Waals surface area contributed by atoms with Gasteiger partial charge in [-0.1, -0.05) is 6.92 Å². The van der Waals surface area contributed by atoms with E-state index in [-0.39, 0.29) is 19.8 Å². The summed E-state index contributed by atoms with van der Waals surface area (Å²) < 4.78 is 5.15. The van der Waals surface area contributed by atoms with Crippen molar-refractivity contribution in [3.05, 3.63) is 0 Å². The fourth-order valence-electron chi connectivity index (χ4n) is 1.25. The lowest BCUT2D eigenvalue weighted by atomic mass is 10.1. The number of ether oxygens (including phenoxy) is 1. The summed E-state index contributed by atoms with van der Waals surface area (Å²) in [5.74, 6) is -0.996. The number of morpholine rings is 1. The first-order chi connectivity index (χ1) is 5.70. The topological polar surface area (TPSA) is 49.8 Å². The van der Waals surface area contributed by atoms with Crippen LogP contribution in [0.1, 0.15) is 8.35 Å². The van der Waals surface area contributed by atoms with Gasteiger partial charge in [0.1, 0.15) is 0 Å². The van der Waals surface area contributed by atoms with E-state index in [0.29, 0.717) is 6.54 Å². The molecule has 13 heavy (non-hydrogen) atoms. The van der Waals surface area contributed by atoms with Gasteiger partial charge in [0.05, 0.1) is 19.1 Å². The summed E-state index contributed by atoms with van der Waals surface area (Å²) in [7, 11) is 0. The zero-order chi connectivity index (χ0) is 8.97. The van der Waals surface area contributed by atoms with Crippen LogP contribution in [0.3, 0.4) is 0 Å². The van der Waals surface area contributed by atoms with Gasteiger partial charge in [-0.15, -0.1) is 0 Å². The summed E-state index contributed by atoms with van der Waals surface area (Å²) in [6.45, 7) is 5.55. The van der Waals surface area contributed by atoms with Crippen molar-refractivity contribution in [2.24, 2.45) is 5.92 Å². The van der Waals surface area contributed by atoms with E-state index in [1.807, 2.05) is 0 Å². The molecule has 1 aliphatic heterocycles. The van der Waals surface area contributed by atoms with Crippen molar-refractivity contribution in [3.8, 4) is 0 Å². The first kappa shape index (κ1) is 12.7. The highest BCUT2D eigenvalue weighted by atomic mass is 35.5. The van der Waals surface area contributed by atoms with Gasteiger partial charge >= 0.3 is 7.40 Å². The van der Waals surface area contributed by atoms with Crippen molar-refractivity contribution in [2.45, 2.75) is 6.92 Å². The molecule has 0 bridgehead atoms. The average Bonchev–Trinajstić information content (AvgIpc) is 2.06. The molecule has 1 rings (SSSR count). The van der Waals surface area contributed by atoms with Crippen molar-refractivity contribution in [1.29, 1.82) is 0 Å². The SMILES string of the molecule is CC(CN1CCOCC1)C(=O)O.[Cl-].[H+]. The van der Waals surface area contributed by atoms with E-state index in [4.69, 9.17) is 9.84 Å². The Morgan fingerprint density at radius 3 is 2.62 bits per heavy atom. The van der Waals surface area contributed by atoms with Crippen molar-refractivity contribution in [1.82, 2.24) is 4.90 Å². The van der Waals surface area contributed by atoms with Gasteiger partial charge in [-0.2, -0.15) is 0 Å². The van der Waals surface area contributed by atoms with E-state index in [0.717, 1.165) is 26.3 Å². The molecule has 1 saturated heterocycles. The number of hydrogen-bond donors (Lipinski definition) is 1. The predicted molar refractivity (Wildman–Crippen MR) is 45.2 cm³/mol. The van der Waals surface area contributed by atoms with Gasteiger partial charge < -0.3 is 22.3 Å². The Kier molecular flexibility index (Phi) is 6.03. The monoisotopic (exact) mass is 209 g/mol. The van der Waals surface area contributed by atoms with Crippen LogP contribution in [0.25, 0.3) is 0 Å². The molecule has 1 aliphatic rings. The second-order valence-electron chi connectivity index (χ2n) is 3.15. The van der Waals surface area contributed by atoms with Crippen LogP contribution in [0.5, 0.6) is 0 Å². The number of aliphatic carboxylic acids is 1. The Morgan fingerprint density at radius 1 is 1.62 bits per heavy atom. The first-order valence-electron chi connectivity index (χ1n) is 4.23. The molecule has 1 unspecified atom stereocenters. The summed E-state index contributed by atoms with van der Waals surface area (Å²) in [5.41, 5.74) is 0. The number of halogens is 1. The molecular weight excluding hydrogens is 194 g/mol. The summed E-state index contributed by atoms with van der Waals surface area (Å²) in [4.78, 5) is 12.6. The van der Waals surface area contributed by atoms with E-state index in [1.54, 1.807) is 6.92 Å². The molecule has 0 aromatic carbocycles. The minimum atomic E-state index is -0.721. The van der Waals surface area contributed by atoms with Gasteiger partial charge in [-0.3, -0.25) is 9.69 Å². The van der Waals surface area contributed by atoms with Crippen LogP contribution >= 0.6 is 0 Å². The smallest absolute Gasteiger partial charge is 1.00 e. The molecule has 0 aliphatic carbocycles. The van der Waals surface area contributed by atoms with Crippen LogP contribution in [0.4, 0.5) is 0 Å². The fraction of sp³-hybridized carbons (Fsp3) is 0.875. The van der Waals surface area contributed by atoms with E-state index >= 15 is 0 Å². The van der Waals surface area contributed by atoms with Crippen molar-refractivity contribution < 1.29 is 28.5 Å². The lowest BCUT2D eigenvalue weighted by Crippen LogP contribution is -3.00. The van der Waals surface area contributed by atoms with Gasteiger partial charge in [0.25, 0.3) is 0 Å². The largest absolute Gasteiger partial charge is 1.00 e. The Morgan fingerprint density at radius 2 is 2.15 bits per heavy atom. The maximum Gasteiger partial charge on any atom is 1.00 e. The average molecular weight is 210 g/mol. The van der Waals surface area contributed by atoms with E-state index < -0.39 is 5.97 Å². The molecular formula is C8H16ClNO3. The molecule has 1 N–H and O–H groups in total. The lowest BCUT2D eigenvalue weighted by molar-refractivity contribution is -0.142. The van der Waals surface area contributed by atoms with E-state index in [2.05, 4.69) is 4.90 Å². The fourth-order valence-corrected chi connectivity index (χ4v) is 1.25. The van der Waals surface area contributed by atoms with Crippen LogP contribution in [-0.4, -0.2) is 48.8 Å². The third kappa shape index (κ3) is 4.45. The van der Waals surface area contributed by atoms with E-state index in [9.17, 15) is 4.79 Å². The Hall–Kier alpha value is -0.320. The van der Waals surface area contributed by atoms with Gasteiger partial charge in [-0.25, -0.2) is 0 Å². The quantitative estimate of drug-likeness (QED) is 0.544. The third-order valence-electron chi connectivity index (χ3n) is 2.06. The number of carboxylic acids is 1. The number of hydrogen-bond acceptors (Lipinski definition) is 3. The zero-order valence-electron chi connectivity index (χ0n) is 8.70. The van der Waals surface area contributed by atoms with Crippen molar-refractivity contribution >= 4 is 5.97 Å². The highest BCUT2D eigenvalue weighted by Gasteiger charge is 2.17. The first-order valence-corrected chi connectivity index (χ1v) is 4.23. The van der Waals surface area contributed by atoms with Crippen molar-refractivity contribution in [2.75, 3.05) is 32.8 Å². The molecule has 0 aromatic heterocycles. The lowest BCUT2D eigenvalue weighted by Gasteiger charge is -2.27. The molecule has 1 fully saturated rings. The second-order valence-corrected chi connectivity index (χ2v) is 3.15. The third-order valence-corrected chi connectivity index (χ3v) is 2.06. The van der Waals surface area contributed by atoms with Crippen LogP contribution < -0.4 is 12.4 Å². The molecule has 1 heterocycles. The van der Waals surface area contributed by atoms with Crippen LogP contribution in [0, 0.1) is 5.92 Å². The molecule has 0 saturated carbocycles. The van der Waals surface area contributed by atoms with Gasteiger partial charge in [-0.05, 0) is 0 Å². The van der Waals surface area contributed by atoms with Gasteiger partial charge in [0.2, 0.25) is 0 Å². The van der Waals surface area contributed by atoms with Crippen molar-refractivity contribution in [3.63, 3.8) is 0 Å². The molecule has 5 heteroatoms. The van der Waals surface area contributed by atoms with Gasteiger partial charge in [0, 0.05) is 19.6 Å². The standard InChI is InChI=1S/C8H15NO3.ClH/c1-7(8(10)11)6-9-2-4-12-5-3-9;/h7H,2-6H2,1H3,(H,10,11);1H. The highest BCUT2D eigenvalue weighted by Crippen LogP contribution is 2.02. The number of carboxylic acid groups (broad SMARTS) is 1. The van der Waals surface area contributed by atoms with Crippen LogP contribution in [0.15, 0.2) is 0 Å². The van der Waals surface area contributed by atoms with Crippen LogP contribution in [0.2, 0.25) is 0 Å². The highest BCUT2D eigenvalue weighted by molar-refractivity contribution is 5.69. The maximum atomic E-state index is 10.5. The summed E-state index contributed by atoms with van der Waals surface area (Å²) in [6, 6.07) is 0. The number of rotatable bonds is 3. The minimum Gasteiger partial charge on any atom is -1.00 e. The van der Waals surface area contributed by atoms with Gasteiger partial charge in [0.15, 0.2) is 0 Å². The summed E-state index contributed by atoms with van der Waals surface area (Å²) >= 11 is 0. The minimum absolute atomic E-state index is 0. The Balaban J connectivity index is 0. The summed E-state index contributed by atoms with van der Waals surface area (Å²) in [6.07, 6.45) is 0. The molecule has 0 spiro atoms. The normalized spacial score (nSPS) is 20.4. The molecule has 4 nitrogen and oxygen atoms in total. The molecule has 0 radical (unpaired) electrons. The molecule has 0 aromatic rings. The number of carbonyl (C=O) groups is 1. The predicted octanol–water partition coefficient (Wildman–Crippen LogP) is -2.84. The molecule has 0 amide bonds. The Labute approximate surface area is 85.8 Å². The number of nitrogens with zero attached hydrogens (tertiary/aromatic N) is 1. The molecule has 1 atom stereocenters. The van der Waals surface area contributed by atoms with Crippen LogP contribution in [-0.2, 0) is 9.53 Å². The second kappa shape index (κ2) is 6.18. The van der Waals surface area contributed by atoms with E-state index in [1.165, 1.54) is 0 Å². The maximum absolute atomic E-state index is 10.5. The molecule has 78 valence electrons. The summed E-state index contributed by atoms with van der Waals surface area (Å²) in [5, 5.41) is 8.65. The zero-order valence-corrected chi connectivity index (χ0v) is 8.46.